The van der Waals surface area contributed by atoms with Crippen LogP contribution < -0.4 is 9.64 Å². The number of hydrogen-bond acceptors (Lipinski definition) is 6. The molecule has 6 nitrogen and oxygen atoms in total. The third-order valence-electron chi connectivity index (χ3n) is 7.03. The Morgan fingerprint density at radius 2 is 1.71 bits per heavy atom. The van der Waals surface area contributed by atoms with Gasteiger partial charge in [-0.05, 0) is 55.5 Å². The van der Waals surface area contributed by atoms with Crippen molar-refractivity contribution in [2.75, 3.05) is 44.2 Å². The van der Waals surface area contributed by atoms with Crippen molar-refractivity contribution in [2.24, 2.45) is 0 Å². The molecular formula is C25H34N4O2. The minimum Gasteiger partial charge on any atom is -0.490 e. The smallest absolute Gasteiger partial charge is 0.128 e. The zero-order valence-electron chi connectivity index (χ0n) is 18.3. The first kappa shape index (κ1) is 20.7. The molecule has 1 aromatic heterocycles. The predicted octanol–water partition coefficient (Wildman–Crippen LogP) is 2.77. The number of benzene rings is 1. The minimum atomic E-state index is -0.286. The van der Waals surface area contributed by atoms with E-state index in [1.165, 1.54) is 31.2 Å². The molecule has 1 saturated carbocycles. The van der Waals surface area contributed by atoms with E-state index < -0.39 is 0 Å². The third kappa shape index (κ3) is 5.03. The fourth-order valence-corrected chi connectivity index (χ4v) is 5.29. The standard InChI is InChI=1S/C25H34N4O2/c30-24-19-27(17-20-8-10-22(11-9-20)31-21-5-1-2-6-21)18-23(24)28-13-15-29(16-14-28)25-7-3-4-12-26-25/h3-4,7-12,21,23-24,30H,1-2,5-6,13-19H2/t23-,24-/m0/s1. The van der Waals surface area contributed by atoms with Crippen molar-refractivity contribution < 1.29 is 9.84 Å². The van der Waals surface area contributed by atoms with E-state index in [-0.39, 0.29) is 12.1 Å². The van der Waals surface area contributed by atoms with Gasteiger partial charge in [-0.3, -0.25) is 9.80 Å². The molecule has 0 spiro atoms. The van der Waals surface area contributed by atoms with E-state index >= 15 is 0 Å². The maximum atomic E-state index is 10.7. The first-order valence-electron chi connectivity index (χ1n) is 11.8. The van der Waals surface area contributed by atoms with Crippen LogP contribution >= 0.6 is 0 Å². The van der Waals surface area contributed by atoms with Crippen LogP contribution in [0.2, 0.25) is 0 Å². The number of piperazine rings is 1. The molecule has 166 valence electrons. The summed E-state index contributed by atoms with van der Waals surface area (Å²) in [6.45, 7) is 6.41. The number of aliphatic hydroxyl groups is 1. The average Bonchev–Trinajstić information content (AvgIpc) is 3.45. The van der Waals surface area contributed by atoms with Gasteiger partial charge in [-0.1, -0.05) is 18.2 Å². The maximum Gasteiger partial charge on any atom is 0.128 e. The minimum absolute atomic E-state index is 0.218. The van der Waals surface area contributed by atoms with Crippen LogP contribution in [0.3, 0.4) is 0 Å². The molecule has 2 aromatic rings. The number of rotatable bonds is 6. The highest BCUT2D eigenvalue weighted by atomic mass is 16.5. The Hall–Kier alpha value is -2.15. The van der Waals surface area contributed by atoms with Gasteiger partial charge in [0.1, 0.15) is 11.6 Å². The zero-order valence-corrected chi connectivity index (χ0v) is 18.3. The van der Waals surface area contributed by atoms with Crippen molar-refractivity contribution in [1.29, 1.82) is 0 Å². The molecule has 3 heterocycles. The lowest BCUT2D eigenvalue weighted by molar-refractivity contribution is 0.0790. The summed E-state index contributed by atoms with van der Waals surface area (Å²) in [6, 6.07) is 14.9. The molecule has 2 saturated heterocycles. The molecule has 0 radical (unpaired) electrons. The monoisotopic (exact) mass is 422 g/mol. The van der Waals surface area contributed by atoms with Gasteiger partial charge in [0, 0.05) is 58.1 Å². The number of anilines is 1. The zero-order chi connectivity index (χ0) is 21.0. The van der Waals surface area contributed by atoms with Gasteiger partial charge in [0.15, 0.2) is 0 Å². The van der Waals surface area contributed by atoms with Crippen molar-refractivity contribution in [3.05, 3.63) is 54.2 Å². The number of ether oxygens (including phenoxy) is 1. The number of hydrogen-bond donors (Lipinski definition) is 1. The van der Waals surface area contributed by atoms with Crippen molar-refractivity contribution in [3.63, 3.8) is 0 Å². The fourth-order valence-electron chi connectivity index (χ4n) is 5.29. The van der Waals surface area contributed by atoms with Crippen molar-refractivity contribution in [3.8, 4) is 5.75 Å². The summed E-state index contributed by atoms with van der Waals surface area (Å²) < 4.78 is 6.09. The van der Waals surface area contributed by atoms with E-state index in [0.717, 1.165) is 57.4 Å². The molecule has 5 rings (SSSR count). The van der Waals surface area contributed by atoms with Gasteiger partial charge in [0.25, 0.3) is 0 Å². The molecule has 3 aliphatic rings. The number of aliphatic hydroxyl groups excluding tert-OH is 1. The Labute approximate surface area is 185 Å². The highest BCUT2D eigenvalue weighted by Crippen LogP contribution is 2.25. The molecule has 3 fully saturated rings. The van der Waals surface area contributed by atoms with Crippen molar-refractivity contribution in [2.45, 2.75) is 50.5 Å². The Balaban J connectivity index is 1.11. The van der Waals surface area contributed by atoms with Crippen molar-refractivity contribution in [1.82, 2.24) is 14.8 Å². The summed E-state index contributed by atoms with van der Waals surface area (Å²) in [5.41, 5.74) is 1.28. The summed E-state index contributed by atoms with van der Waals surface area (Å²) in [7, 11) is 0. The highest BCUT2D eigenvalue weighted by Gasteiger charge is 2.36. The maximum absolute atomic E-state index is 10.7. The van der Waals surface area contributed by atoms with Gasteiger partial charge in [0.05, 0.1) is 12.2 Å². The third-order valence-corrected chi connectivity index (χ3v) is 7.03. The van der Waals surface area contributed by atoms with Crippen LogP contribution in [0.5, 0.6) is 5.75 Å². The second kappa shape index (κ2) is 9.55. The van der Waals surface area contributed by atoms with E-state index in [1.807, 2.05) is 18.3 Å². The second-order valence-corrected chi connectivity index (χ2v) is 9.21. The Bertz CT molecular complexity index is 817. The lowest BCUT2D eigenvalue weighted by Gasteiger charge is -2.39. The van der Waals surface area contributed by atoms with E-state index in [2.05, 4.69) is 50.0 Å². The van der Waals surface area contributed by atoms with Gasteiger partial charge >= 0.3 is 0 Å². The Morgan fingerprint density at radius 1 is 0.935 bits per heavy atom. The summed E-state index contributed by atoms with van der Waals surface area (Å²) >= 11 is 0. The van der Waals surface area contributed by atoms with Crippen LogP contribution in [-0.2, 0) is 6.54 Å². The van der Waals surface area contributed by atoms with E-state index in [4.69, 9.17) is 4.74 Å². The summed E-state index contributed by atoms with van der Waals surface area (Å²) in [5.74, 6) is 2.04. The van der Waals surface area contributed by atoms with Gasteiger partial charge in [-0.25, -0.2) is 4.98 Å². The average molecular weight is 423 g/mol. The first-order valence-corrected chi connectivity index (χ1v) is 11.8. The van der Waals surface area contributed by atoms with E-state index in [0.29, 0.717) is 6.10 Å². The molecule has 31 heavy (non-hydrogen) atoms. The SMILES string of the molecule is O[C@H]1CN(Cc2ccc(OC3CCCC3)cc2)C[C@@H]1N1CCN(c2ccccn2)CC1. The second-order valence-electron chi connectivity index (χ2n) is 9.21. The number of likely N-dealkylation sites (tertiary alicyclic amines) is 1. The topological polar surface area (TPSA) is 52.1 Å². The number of aromatic nitrogens is 1. The number of β-amino-alcohol motifs (C(OH)–C–C–N with tert-alkyl or cyclic N) is 1. The van der Waals surface area contributed by atoms with Crippen molar-refractivity contribution >= 4 is 5.82 Å². The molecule has 6 heteroatoms. The molecule has 0 unspecified atom stereocenters. The van der Waals surface area contributed by atoms with Gasteiger partial charge in [-0.2, -0.15) is 0 Å². The molecular weight excluding hydrogens is 388 g/mol. The molecule has 0 amide bonds. The Kier molecular flexibility index (Phi) is 6.39. The molecule has 1 N–H and O–H groups in total. The number of nitrogens with zero attached hydrogens (tertiary/aromatic N) is 4. The predicted molar refractivity (Wildman–Crippen MR) is 122 cm³/mol. The number of pyridine rings is 1. The normalized spacial score (nSPS) is 25.9. The molecule has 2 atom stereocenters. The molecule has 2 aliphatic heterocycles. The van der Waals surface area contributed by atoms with E-state index in [9.17, 15) is 5.11 Å². The van der Waals surface area contributed by atoms with Crippen LogP contribution in [0.15, 0.2) is 48.7 Å². The van der Waals surface area contributed by atoms with Crippen LogP contribution in [0.25, 0.3) is 0 Å². The summed E-state index contributed by atoms with van der Waals surface area (Å²) in [4.78, 5) is 11.7. The first-order chi connectivity index (χ1) is 15.2. The summed E-state index contributed by atoms with van der Waals surface area (Å²) in [6.07, 6.45) is 6.92. The fraction of sp³-hybridized carbons (Fsp3) is 0.560. The lowest BCUT2D eigenvalue weighted by Crippen LogP contribution is -2.53. The quantitative estimate of drug-likeness (QED) is 0.773. The van der Waals surface area contributed by atoms with Crippen LogP contribution in [0.4, 0.5) is 5.82 Å². The Morgan fingerprint density at radius 3 is 2.42 bits per heavy atom. The molecule has 0 bridgehead atoms. The summed E-state index contributed by atoms with van der Waals surface area (Å²) in [5, 5.41) is 10.7. The van der Waals surface area contributed by atoms with Gasteiger partial charge < -0.3 is 14.7 Å². The molecule has 1 aliphatic carbocycles. The molecule has 1 aromatic carbocycles. The highest BCUT2D eigenvalue weighted by molar-refractivity contribution is 5.38. The van der Waals surface area contributed by atoms with Crippen LogP contribution in [-0.4, -0.2) is 77.4 Å². The van der Waals surface area contributed by atoms with Gasteiger partial charge in [-0.15, -0.1) is 0 Å². The van der Waals surface area contributed by atoms with E-state index in [1.54, 1.807) is 0 Å². The van der Waals surface area contributed by atoms with Crippen LogP contribution in [0.1, 0.15) is 31.2 Å². The van der Waals surface area contributed by atoms with Gasteiger partial charge in [0.2, 0.25) is 0 Å². The largest absolute Gasteiger partial charge is 0.490 e. The lowest BCUT2D eigenvalue weighted by atomic mass is 10.1. The van der Waals surface area contributed by atoms with Crippen LogP contribution in [0, 0.1) is 0 Å².